The number of fused-ring (bicyclic) bond motifs is 1. The fourth-order valence-corrected chi connectivity index (χ4v) is 5.29. The lowest BCUT2D eigenvalue weighted by molar-refractivity contribution is 0.169. The van der Waals surface area contributed by atoms with Gasteiger partial charge in [-0.25, -0.2) is 4.68 Å². The van der Waals surface area contributed by atoms with Crippen LogP contribution in [0.25, 0.3) is 10.9 Å². The van der Waals surface area contributed by atoms with Crippen LogP contribution in [0.5, 0.6) is 5.75 Å². The van der Waals surface area contributed by atoms with Crippen LogP contribution in [0.4, 0.5) is 0 Å². The molecule has 0 saturated heterocycles. The van der Waals surface area contributed by atoms with E-state index in [1.54, 1.807) is 23.1 Å². The second-order valence-electron chi connectivity index (χ2n) is 8.86. The molecule has 9 nitrogen and oxygen atoms in total. The van der Waals surface area contributed by atoms with Crippen LogP contribution >= 0.6 is 11.3 Å². The second kappa shape index (κ2) is 12.1. The molecule has 0 spiro atoms. The lowest BCUT2D eigenvalue weighted by Gasteiger charge is -2.31. The van der Waals surface area contributed by atoms with Crippen LogP contribution in [0, 0.1) is 0 Å². The van der Waals surface area contributed by atoms with E-state index in [2.05, 4.69) is 49.0 Å². The monoisotopic (exact) mass is 530 g/mol. The zero-order valence-electron chi connectivity index (χ0n) is 21.4. The summed E-state index contributed by atoms with van der Waals surface area (Å²) in [7, 11) is 1.64. The number of nitrogens with zero attached hydrogens (tertiary/aromatic N) is 5. The van der Waals surface area contributed by atoms with Crippen molar-refractivity contribution in [3.05, 3.63) is 104 Å². The number of rotatable bonds is 12. The predicted molar refractivity (Wildman–Crippen MR) is 147 cm³/mol. The molecule has 1 N–H and O–H groups in total. The van der Waals surface area contributed by atoms with Gasteiger partial charge in [0.15, 0.2) is 5.82 Å². The number of thiophene rings is 1. The molecule has 0 fully saturated rings. The van der Waals surface area contributed by atoms with Crippen molar-refractivity contribution < 1.29 is 9.47 Å². The molecule has 1 atom stereocenters. The van der Waals surface area contributed by atoms with Crippen LogP contribution < -0.4 is 10.3 Å². The first kappa shape index (κ1) is 25.8. The standard InChI is InChI=1S/C28H30N6O3S/c1-3-37-22-11-12-25-21(16-22)17-24(28(35)29-25)26(27-30-31-32-34(27)13-14-36-2)33(19-23-10-7-15-38-23)18-20-8-5-4-6-9-20/h4-12,15-17,26H,3,13-14,18-19H2,1-2H3,(H,29,35). The number of pyridine rings is 1. The van der Waals surface area contributed by atoms with Gasteiger partial charge >= 0.3 is 0 Å². The first-order chi connectivity index (χ1) is 18.7. The number of aromatic nitrogens is 5. The summed E-state index contributed by atoms with van der Waals surface area (Å²) in [6.07, 6.45) is 0. The molecule has 1 unspecified atom stereocenters. The Bertz CT molecular complexity index is 1520. The SMILES string of the molecule is CCOc1ccc2[nH]c(=O)c(C(c3nnnn3CCOC)N(Cc3ccccc3)Cc3cccs3)cc2c1. The van der Waals surface area contributed by atoms with Crippen molar-refractivity contribution in [2.45, 2.75) is 32.6 Å². The maximum absolute atomic E-state index is 13.7. The molecule has 38 heavy (non-hydrogen) atoms. The van der Waals surface area contributed by atoms with Crippen LogP contribution in [0.2, 0.25) is 0 Å². The average Bonchev–Trinajstić information content (AvgIpc) is 3.61. The fraction of sp³-hybridized carbons (Fsp3) is 0.286. The summed E-state index contributed by atoms with van der Waals surface area (Å²) in [6.45, 7) is 4.63. The zero-order valence-corrected chi connectivity index (χ0v) is 22.2. The molecule has 0 aliphatic heterocycles. The number of tetrazole rings is 1. The zero-order chi connectivity index (χ0) is 26.3. The Labute approximate surface area is 224 Å². The summed E-state index contributed by atoms with van der Waals surface area (Å²) in [6, 6.07) is 21.5. The van der Waals surface area contributed by atoms with Gasteiger partial charge in [0, 0.05) is 41.5 Å². The summed E-state index contributed by atoms with van der Waals surface area (Å²) in [4.78, 5) is 20.2. The minimum absolute atomic E-state index is 0.183. The van der Waals surface area contributed by atoms with Gasteiger partial charge in [-0.15, -0.1) is 16.4 Å². The van der Waals surface area contributed by atoms with E-state index in [0.717, 1.165) is 22.2 Å². The number of aromatic amines is 1. The Morgan fingerprint density at radius 2 is 1.95 bits per heavy atom. The fourth-order valence-electron chi connectivity index (χ4n) is 4.56. The second-order valence-corrected chi connectivity index (χ2v) is 9.89. The molecule has 3 aromatic heterocycles. The largest absolute Gasteiger partial charge is 0.494 e. The minimum atomic E-state index is -0.520. The maximum atomic E-state index is 13.7. The quantitative estimate of drug-likeness (QED) is 0.255. The number of benzene rings is 2. The molecule has 0 amide bonds. The molecule has 5 aromatic rings. The van der Waals surface area contributed by atoms with Crippen LogP contribution in [0.1, 0.15) is 34.8 Å². The van der Waals surface area contributed by atoms with Gasteiger partial charge in [0.05, 0.1) is 19.8 Å². The third-order valence-electron chi connectivity index (χ3n) is 6.29. The molecule has 5 rings (SSSR count). The molecule has 0 bridgehead atoms. The van der Waals surface area contributed by atoms with E-state index >= 15 is 0 Å². The Morgan fingerprint density at radius 1 is 1.08 bits per heavy atom. The highest BCUT2D eigenvalue weighted by molar-refractivity contribution is 7.09. The van der Waals surface area contributed by atoms with Crippen molar-refractivity contribution in [3.8, 4) is 5.75 Å². The lowest BCUT2D eigenvalue weighted by atomic mass is 10.0. The maximum Gasteiger partial charge on any atom is 0.253 e. The Hall–Kier alpha value is -3.86. The van der Waals surface area contributed by atoms with E-state index in [0.29, 0.717) is 44.2 Å². The van der Waals surface area contributed by atoms with Gasteiger partial charge in [0.2, 0.25) is 0 Å². The number of methoxy groups -OCH3 is 1. The van der Waals surface area contributed by atoms with Crippen LogP contribution in [-0.4, -0.2) is 50.4 Å². The summed E-state index contributed by atoms with van der Waals surface area (Å²) in [5.74, 6) is 1.33. The molecule has 0 radical (unpaired) electrons. The predicted octanol–water partition coefficient (Wildman–Crippen LogP) is 4.41. The van der Waals surface area contributed by atoms with E-state index in [1.165, 1.54) is 4.88 Å². The van der Waals surface area contributed by atoms with Crippen molar-refractivity contribution in [2.24, 2.45) is 0 Å². The Balaban J connectivity index is 1.67. The average molecular weight is 531 g/mol. The smallest absolute Gasteiger partial charge is 0.253 e. The van der Waals surface area contributed by atoms with E-state index in [9.17, 15) is 4.79 Å². The van der Waals surface area contributed by atoms with Gasteiger partial charge in [-0.2, -0.15) is 0 Å². The highest BCUT2D eigenvalue weighted by Crippen LogP contribution is 2.31. The van der Waals surface area contributed by atoms with Crippen LogP contribution in [0.3, 0.4) is 0 Å². The number of H-pyrrole nitrogens is 1. The number of hydrogen-bond donors (Lipinski definition) is 1. The normalized spacial score (nSPS) is 12.3. The van der Waals surface area contributed by atoms with Gasteiger partial charge in [0.25, 0.3) is 5.56 Å². The Kier molecular flexibility index (Phi) is 8.22. The van der Waals surface area contributed by atoms with Gasteiger partial charge < -0.3 is 14.5 Å². The Morgan fingerprint density at radius 3 is 2.71 bits per heavy atom. The van der Waals surface area contributed by atoms with Gasteiger partial charge in [-0.05, 0) is 58.6 Å². The molecule has 2 aromatic carbocycles. The third-order valence-corrected chi connectivity index (χ3v) is 7.16. The molecule has 196 valence electrons. The van der Waals surface area contributed by atoms with Gasteiger partial charge in [-0.1, -0.05) is 36.4 Å². The number of hydrogen-bond acceptors (Lipinski definition) is 8. The highest BCUT2D eigenvalue weighted by Gasteiger charge is 2.31. The molecule has 10 heteroatoms. The summed E-state index contributed by atoms with van der Waals surface area (Å²) < 4.78 is 12.8. The topological polar surface area (TPSA) is 98.2 Å². The minimum Gasteiger partial charge on any atom is -0.494 e. The van der Waals surface area contributed by atoms with Crippen LogP contribution in [0.15, 0.2) is 76.9 Å². The molecular weight excluding hydrogens is 500 g/mol. The van der Waals surface area contributed by atoms with Crippen molar-refractivity contribution in [3.63, 3.8) is 0 Å². The summed E-state index contributed by atoms with van der Waals surface area (Å²) in [5, 5.41) is 15.6. The third kappa shape index (κ3) is 5.83. The molecular formula is C28H30N6O3S. The molecule has 0 aliphatic rings. The van der Waals surface area contributed by atoms with Crippen LogP contribution in [-0.2, 0) is 24.4 Å². The molecule has 3 heterocycles. The number of ether oxygens (including phenoxy) is 2. The van der Waals surface area contributed by atoms with E-state index in [4.69, 9.17) is 9.47 Å². The van der Waals surface area contributed by atoms with Crippen molar-refractivity contribution in [2.75, 3.05) is 20.3 Å². The van der Waals surface area contributed by atoms with Crippen molar-refractivity contribution >= 4 is 22.2 Å². The highest BCUT2D eigenvalue weighted by atomic mass is 32.1. The van der Waals surface area contributed by atoms with Crippen molar-refractivity contribution in [1.82, 2.24) is 30.1 Å². The molecule has 0 saturated carbocycles. The summed E-state index contributed by atoms with van der Waals surface area (Å²) >= 11 is 1.68. The van der Waals surface area contributed by atoms with E-state index in [-0.39, 0.29) is 5.56 Å². The first-order valence-corrected chi connectivity index (χ1v) is 13.4. The van der Waals surface area contributed by atoms with E-state index < -0.39 is 6.04 Å². The van der Waals surface area contributed by atoms with Crippen molar-refractivity contribution in [1.29, 1.82) is 0 Å². The lowest BCUT2D eigenvalue weighted by Crippen LogP contribution is -2.35. The molecule has 0 aliphatic carbocycles. The number of nitrogens with one attached hydrogen (secondary N) is 1. The van der Waals surface area contributed by atoms with Gasteiger partial charge in [0.1, 0.15) is 11.8 Å². The first-order valence-electron chi connectivity index (χ1n) is 12.5. The summed E-state index contributed by atoms with van der Waals surface area (Å²) in [5.41, 5.74) is 2.25. The van der Waals surface area contributed by atoms with E-state index in [1.807, 2.05) is 55.5 Å². The van der Waals surface area contributed by atoms with Gasteiger partial charge in [-0.3, -0.25) is 9.69 Å².